The number of fused-ring (bicyclic) bond motifs is 1. The number of aliphatic imine (C=N–C) groups is 1. The zero-order valence-corrected chi connectivity index (χ0v) is 22.2. The molecule has 2 heterocycles. The highest BCUT2D eigenvalue weighted by Gasteiger charge is 2.17. The summed E-state index contributed by atoms with van der Waals surface area (Å²) in [5.74, 6) is 0.113. The number of aryl methyl sites for hydroxylation is 2. The first-order chi connectivity index (χ1) is 16.7. The zero-order valence-electron chi connectivity index (χ0n) is 21.4. The van der Waals surface area contributed by atoms with E-state index in [4.69, 9.17) is 26.1 Å². The first-order valence-electron chi connectivity index (χ1n) is 11.6. The summed E-state index contributed by atoms with van der Waals surface area (Å²) >= 11 is 6.56. The molecule has 2 aromatic heterocycles. The van der Waals surface area contributed by atoms with Gasteiger partial charge in [-0.1, -0.05) is 43.7 Å². The van der Waals surface area contributed by atoms with E-state index in [1.807, 2.05) is 58.0 Å². The fourth-order valence-electron chi connectivity index (χ4n) is 3.76. The third kappa shape index (κ3) is 6.06. The molecule has 0 saturated heterocycles. The summed E-state index contributed by atoms with van der Waals surface area (Å²) in [5, 5.41) is 1.47. The Morgan fingerprint density at radius 1 is 1.14 bits per heavy atom. The maximum Gasteiger partial charge on any atom is 0.308 e. The number of carbonyl (C=O) groups excluding carboxylic acids is 1. The van der Waals surface area contributed by atoms with Gasteiger partial charge in [-0.05, 0) is 51.5 Å². The van der Waals surface area contributed by atoms with Gasteiger partial charge in [0.2, 0.25) is 0 Å². The van der Waals surface area contributed by atoms with E-state index in [0.717, 1.165) is 39.1 Å². The molecular formula is C28H32ClN3O3. The number of aromatic nitrogens is 2. The number of ether oxygens (including phenoxy) is 2. The van der Waals surface area contributed by atoms with Crippen molar-refractivity contribution in [3.05, 3.63) is 75.2 Å². The molecule has 7 heteroatoms. The number of para-hydroxylation sites is 1. The van der Waals surface area contributed by atoms with Crippen LogP contribution in [-0.4, -0.2) is 28.7 Å². The summed E-state index contributed by atoms with van der Waals surface area (Å²) in [6, 6.07) is 9.68. The summed E-state index contributed by atoms with van der Waals surface area (Å²) in [4.78, 5) is 25.9. The lowest BCUT2D eigenvalue weighted by molar-refractivity contribution is -0.148. The molecule has 0 unspecified atom stereocenters. The number of halogens is 1. The van der Waals surface area contributed by atoms with Gasteiger partial charge in [0.05, 0.1) is 22.3 Å². The van der Waals surface area contributed by atoms with Crippen molar-refractivity contribution in [3.63, 3.8) is 0 Å². The predicted octanol–water partition coefficient (Wildman–Crippen LogP) is 6.56. The number of hydrogen-bond acceptors (Lipinski definition) is 6. The van der Waals surface area contributed by atoms with Crippen LogP contribution in [0.15, 0.2) is 47.0 Å². The van der Waals surface area contributed by atoms with E-state index in [1.165, 1.54) is 0 Å². The van der Waals surface area contributed by atoms with Crippen LogP contribution in [0.1, 0.15) is 55.9 Å². The molecule has 184 valence electrons. The highest BCUT2D eigenvalue weighted by Crippen LogP contribution is 2.31. The molecule has 1 aromatic carbocycles. The molecule has 0 spiro atoms. The van der Waals surface area contributed by atoms with Crippen molar-refractivity contribution in [1.82, 2.24) is 9.97 Å². The number of rotatable bonds is 8. The lowest BCUT2D eigenvalue weighted by Gasteiger charge is -2.16. The normalized spacial score (nSPS) is 12.4. The van der Waals surface area contributed by atoms with E-state index in [1.54, 1.807) is 27.0 Å². The standard InChI is InChI=1S/C28H32ClN3O3/c1-8-17(4)26(30-7)21-12-18(5)32-27-20(21)10-9-11-25(27)34-14-22-23(29)13-19(6)31-24(22)15-35-28(33)16(2)3/h8-13,16H,14-15H2,1-7H3/b17-8-,30-26+. The van der Waals surface area contributed by atoms with Gasteiger partial charge in [0.25, 0.3) is 0 Å². The van der Waals surface area contributed by atoms with Gasteiger partial charge in [-0.2, -0.15) is 0 Å². The minimum absolute atomic E-state index is 0.0348. The van der Waals surface area contributed by atoms with E-state index in [2.05, 4.69) is 9.98 Å². The fourth-order valence-corrected chi connectivity index (χ4v) is 4.08. The van der Waals surface area contributed by atoms with Crippen molar-refractivity contribution >= 4 is 34.2 Å². The van der Waals surface area contributed by atoms with Crippen LogP contribution in [0.2, 0.25) is 5.02 Å². The van der Waals surface area contributed by atoms with Crippen molar-refractivity contribution in [3.8, 4) is 5.75 Å². The molecule has 0 saturated carbocycles. The van der Waals surface area contributed by atoms with Crippen LogP contribution in [-0.2, 0) is 22.7 Å². The third-order valence-electron chi connectivity index (χ3n) is 5.69. The largest absolute Gasteiger partial charge is 0.486 e. The van der Waals surface area contributed by atoms with Crippen LogP contribution >= 0.6 is 11.6 Å². The monoisotopic (exact) mass is 493 g/mol. The molecule has 0 radical (unpaired) electrons. The zero-order chi connectivity index (χ0) is 25.7. The maximum absolute atomic E-state index is 12.0. The van der Waals surface area contributed by atoms with Crippen LogP contribution in [0, 0.1) is 19.8 Å². The maximum atomic E-state index is 12.0. The van der Waals surface area contributed by atoms with Crippen molar-refractivity contribution in [2.24, 2.45) is 10.9 Å². The molecule has 0 amide bonds. The number of esters is 1. The minimum Gasteiger partial charge on any atom is -0.486 e. The Kier molecular flexibility index (Phi) is 8.62. The van der Waals surface area contributed by atoms with Crippen LogP contribution in [0.3, 0.4) is 0 Å². The summed E-state index contributed by atoms with van der Waals surface area (Å²) in [6.07, 6.45) is 2.05. The Hall–Kier alpha value is -3.25. The second-order valence-corrected chi connectivity index (χ2v) is 9.14. The lowest BCUT2D eigenvalue weighted by Crippen LogP contribution is -2.14. The average molecular weight is 494 g/mol. The molecule has 0 atom stereocenters. The van der Waals surface area contributed by atoms with Gasteiger partial charge in [-0.3, -0.25) is 14.8 Å². The van der Waals surface area contributed by atoms with Crippen LogP contribution < -0.4 is 4.74 Å². The van der Waals surface area contributed by atoms with Crippen molar-refractivity contribution in [2.75, 3.05) is 7.05 Å². The molecule has 6 nitrogen and oxygen atoms in total. The average Bonchev–Trinajstić information content (AvgIpc) is 2.81. The summed E-state index contributed by atoms with van der Waals surface area (Å²) in [7, 11) is 1.80. The molecule has 3 aromatic rings. The van der Waals surface area contributed by atoms with Crippen molar-refractivity contribution in [2.45, 2.75) is 54.8 Å². The fraction of sp³-hybridized carbons (Fsp3) is 0.357. The summed E-state index contributed by atoms with van der Waals surface area (Å²) < 4.78 is 11.7. The van der Waals surface area contributed by atoms with Gasteiger partial charge in [0.1, 0.15) is 24.5 Å². The minimum atomic E-state index is -0.289. The van der Waals surface area contributed by atoms with E-state index >= 15 is 0 Å². The molecule has 0 aliphatic rings. The smallest absolute Gasteiger partial charge is 0.308 e. The first-order valence-corrected chi connectivity index (χ1v) is 12.0. The van der Waals surface area contributed by atoms with E-state index in [-0.39, 0.29) is 25.1 Å². The van der Waals surface area contributed by atoms with Gasteiger partial charge < -0.3 is 9.47 Å². The highest BCUT2D eigenvalue weighted by molar-refractivity contribution is 6.31. The molecule has 0 fully saturated rings. The van der Waals surface area contributed by atoms with E-state index in [9.17, 15) is 4.79 Å². The third-order valence-corrected chi connectivity index (χ3v) is 6.03. The summed E-state index contributed by atoms with van der Waals surface area (Å²) in [6.45, 7) is 11.6. The van der Waals surface area contributed by atoms with Crippen molar-refractivity contribution < 1.29 is 14.3 Å². The number of benzene rings is 1. The molecule has 0 aliphatic heterocycles. The molecule has 35 heavy (non-hydrogen) atoms. The SMILES string of the molecule is C/C=C(C)\C(=N/C)c1cc(C)nc2c(OCc3c(Cl)cc(C)nc3COC(=O)C(C)C)cccc12. The van der Waals surface area contributed by atoms with E-state index < -0.39 is 0 Å². The quantitative estimate of drug-likeness (QED) is 0.262. The van der Waals surface area contributed by atoms with Gasteiger partial charge in [0, 0.05) is 34.9 Å². The number of allylic oxidation sites excluding steroid dienone is 2. The van der Waals surface area contributed by atoms with Crippen LogP contribution in [0.4, 0.5) is 0 Å². The lowest BCUT2D eigenvalue weighted by atomic mass is 9.98. The van der Waals surface area contributed by atoms with Crippen LogP contribution in [0.5, 0.6) is 5.75 Å². The Bertz CT molecular complexity index is 1310. The molecule has 0 N–H and O–H groups in total. The number of hydrogen-bond donors (Lipinski definition) is 0. The molecule has 0 bridgehead atoms. The predicted molar refractivity (Wildman–Crippen MR) is 141 cm³/mol. The Morgan fingerprint density at radius 3 is 2.51 bits per heavy atom. The second-order valence-electron chi connectivity index (χ2n) is 8.73. The van der Waals surface area contributed by atoms with Gasteiger partial charge in [-0.15, -0.1) is 0 Å². The molecule has 3 rings (SSSR count). The van der Waals surface area contributed by atoms with Gasteiger partial charge in [0.15, 0.2) is 0 Å². The molecular weight excluding hydrogens is 462 g/mol. The van der Waals surface area contributed by atoms with Gasteiger partial charge in [-0.25, -0.2) is 4.98 Å². The number of carbonyl (C=O) groups is 1. The Morgan fingerprint density at radius 2 is 1.86 bits per heavy atom. The van der Waals surface area contributed by atoms with Crippen LogP contribution in [0.25, 0.3) is 10.9 Å². The second kappa shape index (κ2) is 11.5. The van der Waals surface area contributed by atoms with Crippen molar-refractivity contribution in [1.29, 1.82) is 0 Å². The Labute approximate surface area is 212 Å². The topological polar surface area (TPSA) is 73.7 Å². The first kappa shape index (κ1) is 26.4. The number of pyridine rings is 2. The number of nitrogens with zero attached hydrogens (tertiary/aromatic N) is 3. The summed E-state index contributed by atoms with van der Waals surface area (Å²) in [5.41, 5.74) is 6.63. The van der Waals surface area contributed by atoms with E-state index in [0.29, 0.717) is 22.0 Å². The highest BCUT2D eigenvalue weighted by atomic mass is 35.5. The van der Waals surface area contributed by atoms with Gasteiger partial charge >= 0.3 is 5.97 Å². The molecule has 0 aliphatic carbocycles. The Balaban J connectivity index is 1.99.